The van der Waals surface area contributed by atoms with E-state index in [0.29, 0.717) is 25.3 Å². The number of ether oxygens (including phenoxy) is 2. The summed E-state index contributed by atoms with van der Waals surface area (Å²) < 4.78 is 9.87. The van der Waals surface area contributed by atoms with Crippen molar-refractivity contribution in [3.8, 4) is 11.1 Å². The molecule has 0 fully saturated rings. The summed E-state index contributed by atoms with van der Waals surface area (Å²) >= 11 is 0. The summed E-state index contributed by atoms with van der Waals surface area (Å²) in [5.41, 5.74) is 2.68. The lowest BCUT2D eigenvalue weighted by Crippen LogP contribution is -2.40. The van der Waals surface area contributed by atoms with Crippen molar-refractivity contribution in [2.24, 2.45) is 5.92 Å². The van der Waals surface area contributed by atoms with E-state index in [1.807, 2.05) is 61.5 Å². The molecule has 0 bridgehead atoms. The second-order valence-corrected chi connectivity index (χ2v) is 7.00. The quantitative estimate of drug-likeness (QED) is 0.456. The van der Waals surface area contributed by atoms with Crippen LogP contribution in [-0.2, 0) is 23.9 Å². The zero-order valence-electron chi connectivity index (χ0n) is 17.8. The summed E-state index contributed by atoms with van der Waals surface area (Å²) in [7, 11) is 0. The summed E-state index contributed by atoms with van der Waals surface area (Å²) in [6.07, 6.45) is 0.816. The van der Waals surface area contributed by atoms with E-state index in [9.17, 15) is 14.4 Å². The van der Waals surface area contributed by atoms with Crippen LogP contribution in [0.3, 0.4) is 0 Å². The van der Waals surface area contributed by atoms with Gasteiger partial charge in [0.15, 0.2) is 0 Å². The average Bonchev–Trinajstić information content (AvgIpc) is 2.77. The lowest BCUT2D eigenvalue weighted by atomic mass is 10.0. The molecule has 0 spiro atoms. The lowest BCUT2D eigenvalue weighted by Gasteiger charge is -2.25. The minimum atomic E-state index is -0.887. The molecule has 30 heavy (non-hydrogen) atoms. The first-order chi connectivity index (χ1) is 14.5. The van der Waals surface area contributed by atoms with E-state index >= 15 is 0 Å². The van der Waals surface area contributed by atoms with Gasteiger partial charge in [-0.3, -0.25) is 9.59 Å². The van der Waals surface area contributed by atoms with Crippen LogP contribution >= 0.6 is 0 Å². The number of nitrogens with zero attached hydrogens (tertiary/aromatic N) is 1. The third kappa shape index (κ3) is 6.72. The fourth-order valence-electron chi connectivity index (χ4n) is 3.07. The van der Waals surface area contributed by atoms with Crippen molar-refractivity contribution < 1.29 is 23.9 Å². The minimum Gasteiger partial charge on any atom is -0.466 e. The molecule has 0 saturated carbocycles. The van der Waals surface area contributed by atoms with Gasteiger partial charge in [0.1, 0.15) is 0 Å². The number of carbonyl (C=O) groups is 3. The Morgan fingerprint density at radius 2 is 1.47 bits per heavy atom. The van der Waals surface area contributed by atoms with Crippen molar-refractivity contribution in [1.29, 1.82) is 0 Å². The van der Waals surface area contributed by atoms with E-state index < -0.39 is 11.9 Å². The molecule has 1 unspecified atom stereocenters. The Kier molecular flexibility index (Phi) is 9.06. The fraction of sp³-hybridized carbons (Fsp3) is 0.375. The molecule has 0 heterocycles. The maximum Gasteiger partial charge on any atom is 0.397 e. The minimum absolute atomic E-state index is 0.0124. The van der Waals surface area contributed by atoms with Crippen molar-refractivity contribution in [3.63, 3.8) is 0 Å². The predicted octanol–water partition coefficient (Wildman–Crippen LogP) is 4.23. The van der Waals surface area contributed by atoms with Crippen molar-refractivity contribution in [2.45, 2.75) is 33.6 Å². The van der Waals surface area contributed by atoms with E-state index in [1.165, 1.54) is 4.90 Å². The number of rotatable bonds is 9. The third-order valence-electron chi connectivity index (χ3n) is 4.62. The van der Waals surface area contributed by atoms with Gasteiger partial charge in [-0.15, -0.1) is 0 Å². The van der Waals surface area contributed by atoms with Gasteiger partial charge in [0.2, 0.25) is 0 Å². The molecular weight excluding hydrogens is 382 g/mol. The molecule has 1 amide bonds. The van der Waals surface area contributed by atoms with Gasteiger partial charge in [0, 0.05) is 18.7 Å². The molecule has 0 aromatic heterocycles. The number of anilines is 1. The molecule has 2 rings (SSSR count). The summed E-state index contributed by atoms with van der Waals surface area (Å²) in [6, 6.07) is 17.4. The number of hydrogen-bond donors (Lipinski definition) is 0. The topological polar surface area (TPSA) is 72.9 Å². The van der Waals surface area contributed by atoms with Crippen LogP contribution in [0, 0.1) is 5.92 Å². The molecule has 0 N–H and O–H groups in total. The Morgan fingerprint density at radius 1 is 0.867 bits per heavy atom. The average molecular weight is 411 g/mol. The summed E-state index contributed by atoms with van der Waals surface area (Å²) in [5, 5.41) is 0. The highest BCUT2D eigenvalue weighted by Gasteiger charge is 2.26. The zero-order valence-corrected chi connectivity index (χ0v) is 17.8. The molecule has 0 aliphatic rings. The van der Waals surface area contributed by atoms with Gasteiger partial charge in [0.25, 0.3) is 0 Å². The van der Waals surface area contributed by atoms with Gasteiger partial charge < -0.3 is 14.4 Å². The zero-order chi connectivity index (χ0) is 21.9. The maximum absolute atomic E-state index is 12.7. The Hall–Kier alpha value is -3.15. The number of hydrogen-bond acceptors (Lipinski definition) is 5. The molecule has 0 aliphatic heterocycles. The molecule has 2 aromatic carbocycles. The molecular formula is C24H29NO5. The summed E-state index contributed by atoms with van der Waals surface area (Å²) in [4.78, 5) is 37.9. The van der Waals surface area contributed by atoms with Crippen LogP contribution in [0.4, 0.5) is 5.69 Å². The van der Waals surface area contributed by atoms with E-state index in [1.54, 1.807) is 13.8 Å². The molecule has 0 radical (unpaired) electrons. The first-order valence-corrected chi connectivity index (χ1v) is 10.3. The highest BCUT2D eigenvalue weighted by molar-refractivity contribution is 6.38. The summed E-state index contributed by atoms with van der Waals surface area (Å²) in [6.45, 7) is 6.12. The maximum atomic E-state index is 12.7. The van der Waals surface area contributed by atoms with Crippen LogP contribution in [0.2, 0.25) is 0 Å². The highest BCUT2D eigenvalue weighted by Crippen LogP contribution is 2.24. The molecule has 2 aromatic rings. The van der Waals surface area contributed by atoms with Gasteiger partial charge in [-0.2, -0.15) is 0 Å². The molecule has 1 atom stereocenters. The fourth-order valence-corrected chi connectivity index (χ4v) is 3.07. The van der Waals surface area contributed by atoms with Crippen LogP contribution < -0.4 is 4.90 Å². The van der Waals surface area contributed by atoms with Crippen LogP contribution in [0.1, 0.15) is 33.6 Å². The predicted molar refractivity (Wildman–Crippen MR) is 116 cm³/mol. The number of esters is 2. The highest BCUT2D eigenvalue weighted by atomic mass is 16.5. The second-order valence-electron chi connectivity index (χ2n) is 7.00. The smallest absolute Gasteiger partial charge is 0.397 e. The monoisotopic (exact) mass is 411 g/mol. The van der Waals surface area contributed by atoms with Gasteiger partial charge in [-0.1, -0.05) is 49.4 Å². The van der Waals surface area contributed by atoms with Crippen molar-refractivity contribution >= 4 is 23.5 Å². The van der Waals surface area contributed by atoms with Crippen molar-refractivity contribution in [3.05, 3.63) is 54.6 Å². The molecule has 160 valence electrons. The van der Waals surface area contributed by atoms with Crippen LogP contribution in [0.25, 0.3) is 11.1 Å². The van der Waals surface area contributed by atoms with E-state index in [0.717, 1.165) is 11.1 Å². The normalized spacial score (nSPS) is 11.4. The Bertz CT molecular complexity index is 832. The van der Waals surface area contributed by atoms with Crippen molar-refractivity contribution in [2.75, 3.05) is 24.7 Å². The Morgan fingerprint density at radius 3 is 2.07 bits per heavy atom. The SMILES string of the molecule is CCOC(=O)CCC(C)CN(C(=O)C(=O)OCC)c1ccc(-c2ccccc2)cc1. The molecule has 6 heteroatoms. The van der Waals surface area contributed by atoms with Crippen LogP contribution in [0.15, 0.2) is 54.6 Å². The number of benzene rings is 2. The first kappa shape index (κ1) is 23.1. The second kappa shape index (κ2) is 11.8. The summed E-state index contributed by atoms with van der Waals surface area (Å²) in [5.74, 6) is -1.88. The van der Waals surface area contributed by atoms with E-state index in [4.69, 9.17) is 9.47 Å². The number of amides is 1. The van der Waals surface area contributed by atoms with Gasteiger partial charge >= 0.3 is 17.8 Å². The standard InChI is InChI=1S/C24H29NO5/c1-4-29-22(26)16-11-18(3)17-25(23(27)24(28)30-5-2)21-14-12-20(13-15-21)19-9-7-6-8-10-19/h6-10,12-15,18H,4-5,11,16-17H2,1-3H3. The largest absolute Gasteiger partial charge is 0.466 e. The first-order valence-electron chi connectivity index (χ1n) is 10.3. The van der Waals surface area contributed by atoms with Gasteiger partial charge in [-0.05, 0) is 49.4 Å². The Labute approximate surface area is 177 Å². The van der Waals surface area contributed by atoms with E-state index in [2.05, 4.69) is 0 Å². The van der Waals surface area contributed by atoms with Gasteiger partial charge in [0.05, 0.1) is 13.2 Å². The third-order valence-corrected chi connectivity index (χ3v) is 4.62. The number of carbonyl (C=O) groups excluding carboxylic acids is 3. The molecule has 0 saturated heterocycles. The van der Waals surface area contributed by atoms with Gasteiger partial charge in [-0.25, -0.2) is 4.79 Å². The van der Waals surface area contributed by atoms with Crippen molar-refractivity contribution in [1.82, 2.24) is 0 Å². The Balaban J connectivity index is 2.17. The van der Waals surface area contributed by atoms with Crippen LogP contribution in [-0.4, -0.2) is 37.6 Å². The lowest BCUT2D eigenvalue weighted by molar-refractivity contribution is -0.153. The molecule has 6 nitrogen and oxygen atoms in total. The van der Waals surface area contributed by atoms with Crippen LogP contribution in [0.5, 0.6) is 0 Å². The van der Waals surface area contributed by atoms with E-state index in [-0.39, 0.29) is 24.9 Å². The molecule has 0 aliphatic carbocycles.